The third-order valence-corrected chi connectivity index (χ3v) is 4.66. The lowest BCUT2D eigenvalue weighted by Gasteiger charge is -2.10. The fourth-order valence-corrected chi connectivity index (χ4v) is 3.34. The van der Waals surface area contributed by atoms with E-state index in [0.717, 1.165) is 35.4 Å². The molecule has 1 amide bonds. The van der Waals surface area contributed by atoms with Gasteiger partial charge in [0.2, 0.25) is 5.91 Å². The van der Waals surface area contributed by atoms with Gasteiger partial charge in [-0.3, -0.25) is 4.79 Å². The van der Waals surface area contributed by atoms with E-state index < -0.39 is 0 Å². The first-order chi connectivity index (χ1) is 13.7. The third kappa shape index (κ3) is 4.44. The molecule has 0 saturated carbocycles. The fourth-order valence-electron chi connectivity index (χ4n) is 3.34. The Morgan fingerprint density at radius 3 is 2.64 bits per heavy atom. The predicted octanol–water partition coefficient (Wildman–Crippen LogP) is 3.36. The number of carbonyl (C=O) groups excluding carboxylic acids is 1. The molecule has 3 rings (SSSR count). The van der Waals surface area contributed by atoms with E-state index in [2.05, 4.69) is 22.9 Å². The van der Waals surface area contributed by atoms with Gasteiger partial charge in [-0.25, -0.2) is 4.98 Å². The number of rotatable bonds is 9. The molecular weight excluding hydrogens is 354 g/mol. The van der Waals surface area contributed by atoms with Crippen LogP contribution in [0.4, 0.5) is 0 Å². The van der Waals surface area contributed by atoms with Gasteiger partial charge in [-0.15, -0.1) is 0 Å². The number of fused-ring (bicyclic) bond motifs is 1. The van der Waals surface area contributed by atoms with Crippen LogP contribution in [-0.2, 0) is 24.2 Å². The minimum atomic E-state index is -0.0228. The van der Waals surface area contributed by atoms with Crippen molar-refractivity contribution in [1.82, 2.24) is 14.9 Å². The summed E-state index contributed by atoms with van der Waals surface area (Å²) in [6, 6.07) is 13.7. The van der Waals surface area contributed by atoms with Crippen molar-refractivity contribution in [2.45, 2.75) is 32.7 Å². The summed E-state index contributed by atoms with van der Waals surface area (Å²) in [6.07, 6.45) is 2.04. The summed E-state index contributed by atoms with van der Waals surface area (Å²) in [5.74, 6) is 2.27. The van der Waals surface area contributed by atoms with Crippen LogP contribution >= 0.6 is 0 Å². The van der Waals surface area contributed by atoms with Crippen LogP contribution in [0.5, 0.6) is 11.5 Å². The Morgan fingerprint density at radius 1 is 1.11 bits per heavy atom. The van der Waals surface area contributed by atoms with Crippen LogP contribution in [0, 0.1) is 0 Å². The van der Waals surface area contributed by atoms with Crippen molar-refractivity contribution in [1.29, 1.82) is 0 Å². The largest absolute Gasteiger partial charge is 0.493 e. The average Bonchev–Trinajstić information content (AvgIpc) is 3.05. The second-order valence-corrected chi connectivity index (χ2v) is 6.63. The maximum absolute atomic E-state index is 12.3. The van der Waals surface area contributed by atoms with E-state index >= 15 is 0 Å². The molecule has 0 unspecified atom stereocenters. The highest BCUT2D eigenvalue weighted by atomic mass is 16.5. The number of para-hydroxylation sites is 2. The van der Waals surface area contributed by atoms with E-state index in [1.807, 2.05) is 36.4 Å². The molecule has 6 heteroatoms. The normalized spacial score (nSPS) is 10.8. The quantitative estimate of drug-likeness (QED) is 0.617. The number of methoxy groups -OCH3 is 2. The first kappa shape index (κ1) is 19.7. The van der Waals surface area contributed by atoms with E-state index in [1.54, 1.807) is 14.2 Å². The number of nitrogens with zero attached hydrogens (tertiary/aromatic N) is 2. The molecule has 3 aromatic rings. The van der Waals surface area contributed by atoms with Crippen molar-refractivity contribution in [3.05, 3.63) is 53.9 Å². The number of benzene rings is 2. The monoisotopic (exact) mass is 381 g/mol. The lowest BCUT2D eigenvalue weighted by molar-refractivity contribution is -0.120. The summed E-state index contributed by atoms with van der Waals surface area (Å²) < 4.78 is 12.8. The number of carbonyl (C=O) groups is 1. The highest BCUT2D eigenvalue weighted by Crippen LogP contribution is 2.27. The Bertz CT molecular complexity index is 949. The summed E-state index contributed by atoms with van der Waals surface area (Å²) in [5.41, 5.74) is 3.03. The van der Waals surface area contributed by atoms with E-state index in [4.69, 9.17) is 14.5 Å². The van der Waals surface area contributed by atoms with Crippen molar-refractivity contribution in [3.8, 4) is 11.5 Å². The van der Waals surface area contributed by atoms with Crippen molar-refractivity contribution in [2.75, 3.05) is 20.8 Å². The first-order valence-electron chi connectivity index (χ1n) is 9.58. The molecule has 0 aliphatic heterocycles. The zero-order valence-corrected chi connectivity index (χ0v) is 16.7. The molecule has 0 atom stereocenters. The molecule has 6 nitrogen and oxygen atoms in total. The Balaban J connectivity index is 1.60. The van der Waals surface area contributed by atoms with Crippen molar-refractivity contribution in [2.24, 2.45) is 0 Å². The Labute approximate surface area is 165 Å². The number of aromatic nitrogens is 2. The summed E-state index contributed by atoms with van der Waals surface area (Å²) >= 11 is 0. The number of hydrogen-bond donors (Lipinski definition) is 1. The summed E-state index contributed by atoms with van der Waals surface area (Å²) in [5, 5.41) is 3.00. The van der Waals surface area contributed by atoms with Gasteiger partial charge in [0.1, 0.15) is 5.82 Å². The summed E-state index contributed by atoms with van der Waals surface area (Å²) in [6.45, 7) is 3.64. The topological polar surface area (TPSA) is 65.4 Å². The SMILES string of the molecule is CCCn1c(CCNC(=O)Cc2ccc(OC)c(OC)c2)nc2ccccc21. The molecule has 0 aliphatic rings. The van der Waals surface area contributed by atoms with Gasteiger partial charge in [0.15, 0.2) is 11.5 Å². The molecule has 0 saturated heterocycles. The van der Waals surface area contributed by atoms with Crippen molar-refractivity contribution in [3.63, 3.8) is 0 Å². The van der Waals surface area contributed by atoms with Crippen LogP contribution in [0.15, 0.2) is 42.5 Å². The van der Waals surface area contributed by atoms with Crippen LogP contribution < -0.4 is 14.8 Å². The van der Waals surface area contributed by atoms with Crippen LogP contribution in [0.2, 0.25) is 0 Å². The lowest BCUT2D eigenvalue weighted by Crippen LogP contribution is -2.28. The second kappa shape index (κ2) is 9.26. The smallest absolute Gasteiger partial charge is 0.224 e. The highest BCUT2D eigenvalue weighted by Gasteiger charge is 2.11. The van der Waals surface area contributed by atoms with Crippen LogP contribution in [0.1, 0.15) is 24.7 Å². The van der Waals surface area contributed by atoms with Gasteiger partial charge in [-0.05, 0) is 36.2 Å². The average molecular weight is 381 g/mol. The molecule has 0 bridgehead atoms. The molecule has 1 N–H and O–H groups in total. The first-order valence-corrected chi connectivity index (χ1v) is 9.58. The number of aryl methyl sites for hydroxylation is 1. The summed E-state index contributed by atoms with van der Waals surface area (Å²) in [7, 11) is 3.18. The van der Waals surface area contributed by atoms with Crippen LogP contribution in [0.3, 0.4) is 0 Å². The van der Waals surface area contributed by atoms with E-state index in [0.29, 0.717) is 30.9 Å². The standard InChI is InChI=1S/C22H27N3O3/c1-4-13-25-18-8-6-5-7-17(18)24-21(25)11-12-23-22(26)15-16-9-10-19(27-2)20(14-16)28-3/h5-10,14H,4,11-13,15H2,1-3H3,(H,23,26). The van der Waals surface area contributed by atoms with Crippen LogP contribution in [0.25, 0.3) is 11.0 Å². The molecular formula is C22H27N3O3. The zero-order valence-electron chi connectivity index (χ0n) is 16.7. The van der Waals surface area contributed by atoms with Gasteiger partial charge in [-0.2, -0.15) is 0 Å². The van der Waals surface area contributed by atoms with Gasteiger partial charge in [0.05, 0.1) is 31.7 Å². The van der Waals surface area contributed by atoms with E-state index in [-0.39, 0.29) is 5.91 Å². The molecule has 0 spiro atoms. The zero-order chi connectivity index (χ0) is 19.9. The molecule has 0 radical (unpaired) electrons. The molecule has 1 heterocycles. The van der Waals surface area contributed by atoms with Crippen LogP contribution in [-0.4, -0.2) is 36.2 Å². The Morgan fingerprint density at radius 2 is 1.89 bits per heavy atom. The highest BCUT2D eigenvalue weighted by molar-refractivity contribution is 5.79. The Kier molecular flexibility index (Phi) is 6.53. The second-order valence-electron chi connectivity index (χ2n) is 6.63. The van der Waals surface area contributed by atoms with Gasteiger partial charge < -0.3 is 19.4 Å². The lowest BCUT2D eigenvalue weighted by atomic mass is 10.1. The maximum Gasteiger partial charge on any atom is 0.224 e. The van der Waals surface area contributed by atoms with Gasteiger partial charge in [0.25, 0.3) is 0 Å². The molecule has 2 aromatic carbocycles. The molecule has 1 aromatic heterocycles. The molecule has 0 fully saturated rings. The van der Waals surface area contributed by atoms with Crippen molar-refractivity contribution >= 4 is 16.9 Å². The maximum atomic E-state index is 12.3. The molecule has 148 valence electrons. The minimum absolute atomic E-state index is 0.0228. The molecule has 0 aliphatic carbocycles. The Hall–Kier alpha value is -3.02. The number of imidazole rings is 1. The van der Waals surface area contributed by atoms with E-state index in [1.165, 1.54) is 0 Å². The minimum Gasteiger partial charge on any atom is -0.493 e. The van der Waals surface area contributed by atoms with E-state index in [9.17, 15) is 4.79 Å². The fraction of sp³-hybridized carbons (Fsp3) is 0.364. The van der Waals surface area contributed by atoms with Gasteiger partial charge in [0, 0.05) is 19.5 Å². The van der Waals surface area contributed by atoms with Crippen molar-refractivity contribution < 1.29 is 14.3 Å². The van der Waals surface area contributed by atoms with Gasteiger partial charge in [-0.1, -0.05) is 25.1 Å². The predicted molar refractivity (Wildman–Crippen MR) is 110 cm³/mol. The number of amides is 1. The van der Waals surface area contributed by atoms with Gasteiger partial charge >= 0.3 is 0 Å². The molecule has 28 heavy (non-hydrogen) atoms. The number of nitrogens with one attached hydrogen (secondary N) is 1. The summed E-state index contributed by atoms with van der Waals surface area (Å²) in [4.78, 5) is 17.1. The number of hydrogen-bond acceptors (Lipinski definition) is 4. The number of ether oxygens (including phenoxy) is 2. The third-order valence-electron chi connectivity index (χ3n) is 4.66.